The van der Waals surface area contributed by atoms with Crippen molar-refractivity contribution in [3.63, 3.8) is 0 Å². The standard InChI is InChI=1S/C20H22BrN5O3/c1-3-29-16-10-13(21)6-9-15(16)18-24-19(17(22)20(27)25-18)26(23)11-12-4-7-14(28-2)8-5-12/h4-10H,3,11,22-23H2,1-2H3,(H,24,25,27). The molecule has 1 aromatic heterocycles. The van der Waals surface area contributed by atoms with Crippen LogP contribution in [-0.4, -0.2) is 23.7 Å². The van der Waals surface area contributed by atoms with Gasteiger partial charge in [0, 0.05) is 4.47 Å². The maximum atomic E-state index is 12.4. The van der Waals surface area contributed by atoms with Crippen molar-refractivity contribution in [2.75, 3.05) is 24.5 Å². The van der Waals surface area contributed by atoms with Gasteiger partial charge in [0.15, 0.2) is 5.82 Å². The SMILES string of the molecule is CCOc1cc(Br)ccc1-c1nc(N(N)Cc2ccc(OC)cc2)c(N)c(=O)[nH]1. The number of rotatable bonds is 7. The van der Waals surface area contributed by atoms with Gasteiger partial charge >= 0.3 is 0 Å². The van der Waals surface area contributed by atoms with Crippen LogP contribution in [0.15, 0.2) is 51.7 Å². The Labute approximate surface area is 176 Å². The molecule has 0 amide bonds. The highest BCUT2D eigenvalue weighted by Crippen LogP contribution is 2.31. The van der Waals surface area contributed by atoms with Crippen LogP contribution in [0.4, 0.5) is 11.5 Å². The van der Waals surface area contributed by atoms with Crippen molar-refractivity contribution < 1.29 is 9.47 Å². The Morgan fingerprint density at radius 2 is 1.93 bits per heavy atom. The number of anilines is 2. The van der Waals surface area contributed by atoms with Crippen LogP contribution in [0, 0.1) is 0 Å². The Kier molecular flexibility index (Phi) is 6.40. The molecule has 0 bridgehead atoms. The maximum absolute atomic E-state index is 12.4. The van der Waals surface area contributed by atoms with Crippen molar-refractivity contribution in [3.8, 4) is 22.9 Å². The van der Waals surface area contributed by atoms with E-state index in [4.69, 9.17) is 21.1 Å². The summed E-state index contributed by atoms with van der Waals surface area (Å²) in [4.78, 5) is 19.6. The van der Waals surface area contributed by atoms with E-state index in [1.807, 2.05) is 43.3 Å². The maximum Gasteiger partial charge on any atom is 0.276 e. The number of ether oxygens (including phenoxy) is 2. The quantitative estimate of drug-likeness (QED) is 0.366. The van der Waals surface area contributed by atoms with Gasteiger partial charge in [-0.3, -0.25) is 9.80 Å². The van der Waals surface area contributed by atoms with E-state index in [2.05, 4.69) is 25.9 Å². The zero-order valence-electron chi connectivity index (χ0n) is 16.1. The smallest absolute Gasteiger partial charge is 0.276 e. The number of aromatic amines is 1. The third kappa shape index (κ3) is 4.69. The molecule has 0 saturated heterocycles. The lowest BCUT2D eigenvalue weighted by molar-refractivity contribution is 0.341. The molecule has 9 heteroatoms. The number of nitrogen functional groups attached to an aromatic ring is 1. The summed E-state index contributed by atoms with van der Waals surface area (Å²) >= 11 is 3.42. The average Bonchev–Trinajstić information content (AvgIpc) is 2.71. The molecule has 5 N–H and O–H groups in total. The van der Waals surface area contributed by atoms with Crippen LogP contribution in [0.3, 0.4) is 0 Å². The summed E-state index contributed by atoms with van der Waals surface area (Å²) in [5, 5.41) is 1.34. The number of aromatic nitrogens is 2. The minimum Gasteiger partial charge on any atom is -0.497 e. The van der Waals surface area contributed by atoms with Crippen LogP contribution in [0.25, 0.3) is 11.4 Å². The van der Waals surface area contributed by atoms with E-state index >= 15 is 0 Å². The number of methoxy groups -OCH3 is 1. The van der Waals surface area contributed by atoms with Gasteiger partial charge in [-0.15, -0.1) is 0 Å². The number of nitrogens with one attached hydrogen (secondary N) is 1. The van der Waals surface area contributed by atoms with Crippen molar-refractivity contribution in [2.45, 2.75) is 13.5 Å². The zero-order valence-corrected chi connectivity index (χ0v) is 17.7. The monoisotopic (exact) mass is 459 g/mol. The molecule has 29 heavy (non-hydrogen) atoms. The van der Waals surface area contributed by atoms with E-state index in [1.165, 1.54) is 5.01 Å². The molecule has 0 atom stereocenters. The van der Waals surface area contributed by atoms with Gasteiger partial charge in [-0.05, 0) is 42.8 Å². The summed E-state index contributed by atoms with van der Waals surface area (Å²) in [6.45, 7) is 2.66. The second kappa shape index (κ2) is 8.97. The highest BCUT2D eigenvalue weighted by atomic mass is 79.9. The molecule has 3 aromatic rings. The molecule has 0 aliphatic rings. The van der Waals surface area contributed by atoms with Gasteiger partial charge in [0.1, 0.15) is 23.0 Å². The second-order valence-electron chi connectivity index (χ2n) is 6.20. The van der Waals surface area contributed by atoms with E-state index in [1.54, 1.807) is 13.2 Å². The predicted molar refractivity (Wildman–Crippen MR) is 117 cm³/mol. The van der Waals surface area contributed by atoms with Crippen LogP contribution >= 0.6 is 15.9 Å². The van der Waals surface area contributed by atoms with E-state index in [-0.39, 0.29) is 11.5 Å². The van der Waals surface area contributed by atoms with Gasteiger partial charge in [-0.2, -0.15) is 0 Å². The lowest BCUT2D eigenvalue weighted by Crippen LogP contribution is -2.34. The normalized spacial score (nSPS) is 10.6. The molecule has 0 aliphatic carbocycles. The van der Waals surface area contributed by atoms with Crippen LogP contribution in [-0.2, 0) is 6.54 Å². The number of H-pyrrole nitrogens is 1. The van der Waals surface area contributed by atoms with Gasteiger partial charge in [-0.25, -0.2) is 10.8 Å². The number of nitrogens with two attached hydrogens (primary N) is 2. The summed E-state index contributed by atoms with van der Waals surface area (Å²) in [5.74, 6) is 8.03. The molecule has 2 aromatic carbocycles. The van der Waals surface area contributed by atoms with Gasteiger partial charge in [0.2, 0.25) is 0 Å². The van der Waals surface area contributed by atoms with Crippen LogP contribution in [0.1, 0.15) is 12.5 Å². The van der Waals surface area contributed by atoms with Crippen molar-refractivity contribution in [1.29, 1.82) is 0 Å². The summed E-state index contributed by atoms with van der Waals surface area (Å²) in [7, 11) is 1.60. The Morgan fingerprint density at radius 3 is 2.59 bits per heavy atom. The second-order valence-corrected chi connectivity index (χ2v) is 7.12. The lowest BCUT2D eigenvalue weighted by atomic mass is 10.2. The summed E-state index contributed by atoms with van der Waals surface area (Å²) in [6, 6.07) is 12.9. The first-order valence-electron chi connectivity index (χ1n) is 8.90. The van der Waals surface area contributed by atoms with Gasteiger partial charge in [0.25, 0.3) is 5.56 Å². The molecule has 0 radical (unpaired) electrons. The fourth-order valence-electron chi connectivity index (χ4n) is 2.79. The number of halogens is 1. The largest absolute Gasteiger partial charge is 0.497 e. The van der Waals surface area contributed by atoms with Crippen LogP contribution in [0.5, 0.6) is 11.5 Å². The van der Waals surface area contributed by atoms with Crippen molar-refractivity contribution in [2.24, 2.45) is 5.84 Å². The third-order valence-corrected chi connectivity index (χ3v) is 4.71. The fourth-order valence-corrected chi connectivity index (χ4v) is 3.13. The molecule has 0 fully saturated rings. The number of hydrazine groups is 1. The molecule has 0 unspecified atom stereocenters. The van der Waals surface area contributed by atoms with Crippen molar-refractivity contribution in [3.05, 3.63) is 62.9 Å². The molecule has 0 saturated carbocycles. The van der Waals surface area contributed by atoms with E-state index in [0.29, 0.717) is 30.3 Å². The number of nitrogens with zero attached hydrogens (tertiary/aromatic N) is 2. The molecular formula is C20H22BrN5O3. The highest BCUT2D eigenvalue weighted by Gasteiger charge is 2.17. The van der Waals surface area contributed by atoms with E-state index < -0.39 is 5.56 Å². The zero-order chi connectivity index (χ0) is 21.0. The number of hydrogen-bond acceptors (Lipinski definition) is 7. The Hall–Kier alpha value is -3.04. The van der Waals surface area contributed by atoms with Crippen molar-refractivity contribution in [1.82, 2.24) is 9.97 Å². The summed E-state index contributed by atoms with van der Waals surface area (Å²) in [6.07, 6.45) is 0. The first-order valence-corrected chi connectivity index (χ1v) is 9.70. The molecule has 8 nitrogen and oxygen atoms in total. The van der Waals surface area contributed by atoms with E-state index in [0.717, 1.165) is 15.8 Å². The minimum absolute atomic E-state index is 0.0557. The Morgan fingerprint density at radius 1 is 1.21 bits per heavy atom. The molecule has 1 heterocycles. The predicted octanol–water partition coefficient (Wildman–Crippen LogP) is 3.07. The molecule has 3 rings (SSSR count). The topological polar surface area (TPSA) is 119 Å². The highest BCUT2D eigenvalue weighted by molar-refractivity contribution is 9.10. The summed E-state index contributed by atoms with van der Waals surface area (Å²) in [5.41, 5.74) is 6.98. The first kappa shape index (κ1) is 20.7. The molecule has 0 spiro atoms. The molecular weight excluding hydrogens is 438 g/mol. The fraction of sp³-hybridized carbons (Fsp3) is 0.200. The molecule has 0 aliphatic heterocycles. The van der Waals surface area contributed by atoms with Crippen LogP contribution < -0.4 is 31.6 Å². The van der Waals surface area contributed by atoms with Gasteiger partial charge < -0.3 is 20.2 Å². The summed E-state index contributed by atoms with van der Waals surface area (Å²) < 4.78 is 11.7. The van der Waals surface area contributed by atoms with E-state index in [9.17, 15) is 4.79 Å². The van der Waals surface area contributed by atoms with Crippen molar-refractivity contribution >= 4 is 27.4 Å². The average molecular weight is 460 g/mol. The first-order chi connectivity index (χ1) is 13.9. The van der Waals surface area contributed by atoms with Gasteiger partial charge in [-0.1, -0.05) is 28.1 Å². The van der Waals surface area contributed by atoms with Crippen LogP contribution in [0.2, 0.25) is 0 Å². The Bertz CT molecular complexity index is 1050. The molecule has 152 valence electrons. The third-order valence-electron chi connectivity index (χ3n) is 4.22. The number of hydrogen-bond donors (Lipinski definition) is 3. The lowest BCUT2D eigenvalue weighted by Gasteiger charge is -2.20. The van der Waals surface area contributed by atoms with Gasteiger partial charge in [0.05, 0.1) is 25.8 Å². The Balaban J connectivity index is 1.98. The minimum atomic E-state index is -0.472. The number of benzene rings is 2.